The molecule has 146 valence electrons. The fourth-order valence-corrected chi connectivity index (χ4v) is 2.71. The summed E-state index contributed by atoms with van der Waals surface area (Å²) in [4.78, 5) is 40.0. The highest BCUT2D eigenvalue weighted by Gasteiger charge is 2.18. The van der Waals surface area contributed by atoms with Gasteiger partial charge in [0.15, 0.2) is 5.82 Å². The van der Waals surface area contributed by atoms with Crippen molar-refractivity contribution >= 4 is 17.5 Å². The van der Waals surface area contributed by atoms with Gasteiger partial charge in [-0.05, 0) is 17.7 Å². The van der Waals surface area contributed by atoms with Gasteiger partial charge in [-0.2, -0.15) is 4.98 Å². The Morgan fingerprint density at radius 3 is 2.64 bits per heavy atom. The van der Waals surface area contributed by atoms with Gasteiger partial charge in [-0.15, -0.1) is 0 Å². The normalized spacial score (nSPS) is 12.1. The molecule has 0 saturated heterocycles. The molecule has 3 rings (SSSR count). The van der Waals surface area contributed by atoms with Gasteiger partial charge in [0, 0.05) is 24.7 Å². The van der Waals surface area contributed by atoms with Crippen LogP contribution >= 0.6 is 11.6 Å². The number of aryl methyl sites for hydroxylation is 1. The first kappa shape index (κ1) is 19.5. The summed E-state index contributed by atoms with van der Waals surface area (Å²) in [6.07, 6.45) is 0.237. The molecule has 1 aromatic carbocycles. The van der Waals surface area contributed by atoms with Crippen molar-refractivity contribution in [2.45, 2.75) is 19.1 Å². The number of nitrogens with zero attached hydrogens (tertiary/aromatic N) is 4. The average Bonchev–Trinajstić information content (AvgIpc) is 3.09. The van der Waals surface area contributed by atoms with Gasteiger partial charge in [-0.3, -0.25) is 14.2 Å². The smallest absolute Gasteiger partial charge is 0.331 e. The Balaban J connectivity index is 1.82. The number of nitrogens with two attached hydrogens (primary N) is 1. The Morgan fingerprint density at radius 2 is 2.00 bits per heavy atom. The third-order valence-corrected chi connectivity index (χ3v) is 4.28. The van der Waals surface area contributed by atoms with Crippen LogP contribution in [0.2, 0.25) is 5.02 Å². The number of carbonyl (C=O) groups is 1. The summed E-state index contributed by atoms with van der Waals surface area (Å²) in [5.41, 5.74) is 3.93. The van der Waals surface area contributed by atoms with E-state index in [0.29, 0.717) is 10.6 Å². The summed E-state index contributed by atoms with van der Waals surface area (Å²) in [5, 5.41) is 14.6. The summed E-state index contributed by atoms with van der Waals surface area (Å²) in [5.74, 6) is -0.792. The van der Waals surface area contributed by atoms with Crippen LogP contribution < -0.4 is 17.0 Å². The van der Waals surface area contributed by atoms with Crippen molar-refractivity contribution in [3.63, 3.8) is 0 Å². The number of aliphatic hydroxyl groups excluding tert-OH is 1. The summed E-state index contributed by atoms with van der Waals surface area (Å²) < 4.78 is 6.89. The topological polar surface area (TPSA) is 146 Å². The zero-order chi connectivity index (χ0) is 20.4. The standard InChI is InChI=1S/C17H16ClN5O5/c1-22-7-11(15(19)25)16(26)23(17(22)27)8-14-20-13(21-28-14)6-12(24)9-2-4-10(18)5-3-9/h2-5,7,12,24H,6,8H2,1H3,(H2,19,25)/t12-/m0/s1. The number of hydrogen-bond acceptors (Lipinski definition) is 7. The zero-order valence-corrected chi connectivity index (χ0v) is 15.5. The van der Waals surface area contributed by atoms with E-state index in [9.17, 15) is 19.5 Å². The van der Waals surface area contributed by atoms with Crippen LogP contribution in [0, 0.1) is 0 Å². The van der Waals surface area contributed by atoms with E-state index in [1.54, 1.807) is 24.3 Å². The quantitative estimate of drug-likeness (QED) is 0.587. The number of aliphatic hydroxyl groups is 1. The highest BCUT2D eigenvalue weighted by atomic mass is 35.5. The molecule has 0 spiro atoms. The van der Waals surface area contributed by atoms with Crippen LogP contribution in [0.4, 0.5) is 0 Å². The molecule has 0 radical (unpaired) electrons. The molecule has 28 heavy (non-hydrogen) atoms. The highest BCUT2D eigenvalue weighted by molar-refractivity contribution is 6.30. The van der Waals surface area contributed by atoms with Crippen LogP contribution in [-0.2, 0) is 20.0 Å². The third-order valence-electron chi connectivity index (χ3n) is 4.03. The summed E-state index contributed by atoms with van der Waals surface area (Å²) in [7, 11) is 1.38. The fourth-order valence-electron chi connectivity index (χ4n) is 2.58. The minimum atomic E-state index is -0.952. The predicted molar refractivity (Wildman–Crippen MR) is 98.0 cm³/mol. The molecule has 11 heteroatoms. The largest absolute Gasteiger partial charge is 0.388 e. The lowest BCUT2D eigenvalue weighted by molar-refractivity contribution is 0.0997. The molecule has 0 aliphatic heterocycles. The maximum Gasteiger partial charge on any atom is 0.331 e. The van der Waals surface area contributed by atoms with Crippen molar-refractivity contribution in [2.75, 3.05) is 0 Å². The molecule has 2 aromatic heterocycles. The third kappa shape index (κ3) is 4.02. The van der Waals surface area contributed by atoms with Crippen LogP contribution in [0.3, 0.4) is 0 Å². The van der Waals surface area contributed by atoms with E-state index in [1.165, 1.54) is 7.05 Å². The first-order chi connectivity index (χ1) is 13.3. The van der Waals surface area contributed by atoms with Crippen LogP contribution in [0.5, 0.6) is 0 Å². The maximum atomic E-state index is 12.3. The van der Waals surface area contributed by atoms with Crippen molar-refractivity contribution in [2.24, 2.45) is 12.8 Å². The van der Waals surface area contributed by atoms with Crippen LogP contribution in [-0.4, -0.2) is 30.3 Å². The van der Waals surface area contributed by atoms with E-state index >= 15 is 0 Å². The minimum Gasteiger partial charge on any atom is -0.388 e. The van der Waals surface area contributed by atoms with Gasteiger partial charge in [0.25, 0.3) is 11.5 Å². The van der Waals surface area contributed by atoms with E-state index in [1.807, 2.05) is 0 Å². The van der Waals surface area contributed by atoms with Crippen LogP contribution in [0.15, 0.2) is 44.6 Å². The predicted octanol–water partition coefficient (Wildman–Crippen LogP) is 0.00670. The number of carbonyl (C=O) groups excluding carboxylic acids is 1. The molecule has 0 fully saturated rings. The molecule has 0 aliphatic rings. The Bertz CT molecular complexity index is 1130. The second-order valence-electron chi connectivity index (χ2n) is 6.07. The Labute approximate surface area is 162 Å². The molecule has 0 unspecified atom stereocenters. The Hall–Kier alpha value is -3.24. The molecule has 10 nitrogen and oxygen atoms in total. The van der Waals surface area contributed by atoms with Crippen molar-refractivity contribution in [1.29, 1.82) is 0 Å². The van der Waals surface area contributed by atoms with E-state index in [4.69, 9.17) is 21.9 Å². The lowest BCUT2D eigenvalue weighted by Crippen LogP contribution is -2.42. The van der Waals surface area contributed by atoms with E-state index < -0.39 is 23.3 Å². The molecular weight excluding hydrogens is 390 g/mol. The van der Waals surface area contributed by atoms with Gasteiger partial charge in [-0.1, -0.05) is 28.9 Å². The van der Waals surface area contributed by atoms with Gasteiger partial charge in [0.1, 0.15) is 12.1 Å². The fraction of sp³-hybridized carbons (Fsp3) is 0.235. The molecule has 3 aromatic rings. The second-order valence-corrected chi connectivity index (χ2v) is 6.50. The monoisotopic (exact) mass is 405 g/mol. The molecule has 1 amide bonds. The van der Waals surface area contributed by atoms with Gasteiger partial charge >= 0.3 is 5.69 Å². The first-order valence-electron chi connectivity index (χ1n) is 8.11. The lowest BCUT2D eigenvalue weighted by atomic mass is 10.1. The van der Waals surface area contributed by atoms with Crippen LogP contribution in [0.1, 0.15) is 33.7 Å². The number of benzene rings is 1. The van der Waals surface area contributed by atoms with Gasteiger partial charge in [0.2, 0.25) is 5.89 Å². The second kappa shape index (κ2) is 7.79. The number of amides is 1. The Kier molecular flexibility index (Phi) is 5.43. The number of hydrogen-bond donors (Lipinski definition) is 2. The summed E-state index contributed by atoms with van der Waals surface area (Å²) >= 11 is 5.82. The molecule has 2 heterocycles. The Morgan fingerprint density at radius 1 is 1.32 bits per heavy atom. The molecule has 0 aliphatic carbocycles. The van der Waals surface area contributed by atoms with Crippen molar-refractivity contribution in [3.05, 3.63) is 79.2 Å². The zero-order valence-electron chi connectivity index (χ0n) is 14.7. The van der Waals surface area contributed by atoms with Gasteiger partial charge < -0.3 is 19.9 Å². The van der Waals surface area contributed by atoms with Crippen LogP contribution in [0.25, 0.3) is 0 Å². The van der Waals surface area contributed by atoms with Gasteiger partial charge in [0.05, 0.1) is 6.10 Å². The van der Waals surface area contributed by atoms with Crippen molar-refractivity contribution in [3.8, 4) is 0 Å². The molecular formula is C17H16ClN5O5. The van der Waals surface area contributed by atoms with E-state index in [-0.39, 0.29) is 30.2 Å². The molecule has 0 saturated carbocycles. The summed E-state index contributed by atoms with van der Waals surface area (Å²) in [6.45, 7) is -0.337. The molecule has 0 bridgehead atoms. The lowest BCUT2D eigenvalue weighted by Gasteiger charge is -2.08. The van der Waals surface area contributed by atoms with E-state index in [2.05, 4.69) is 10.1 Å². The number of halogens is 1. The molecule has 3 N–H and O–H groups in total. The minimum absolute atomic E-state index is 0.0286. The number of primary amides is 1. The summed E-state index contributed by atoms with van der Waals surface area (Å²) in [6, 6.07) is 6.64. The van der Waals surface area contributed by atoms with Crippen molar-refractivity contribution < 1.29 is 14.4 Å². The average molecular weight is 406 g/mol. The maximum absolute atomic E-state index is 12.3. The molecule has 1 atom stereocenters. The SMILES string of the molecule is Cn1cc(C(N)=O)c(=O)n(Cc2nc(C[C@H](O)c3ccc(Cl)cc3)no2)c1=O. The van der Waals surface area contributed by atoms with E-state index in [0.717, 1.165) is 15.3 Å². The number of rotatable bonds is 6. The number of aromatic nitrogens is 4. The van der Waals surface area contributed by atoms with Crippen molar-refractivity contribution in [1.82, 2.24) is 19.3 Å². The first-order valence-corrected chi connectivity index (χ1v) is 8.49. The highest BCUT2D eigenvalue weighted by Crippen LogP contribution is 2.19. The van der Waals surface area contributed by atoms with Gasteiger partial charge in [-0.25, -0.2) is 4.79 Å².